The van der Waals surface area contributed by atoms with Crippen molar-refractivity contribution in [2.24, 2.45) is 0 Å². The van der Waals surface area contributed by atoms with Crippen molar-refractivity contribution in [1.82, 2.24) is 14.7 Å². The molecule has 4 rings (SSSR count). The molecule has 9 heteroatoms. The van der Waals surface area contributed by atoms with Gasteiger partial charge in [0.15, 0.2) is 0 Å². The van der Waals surface area contributed by atoms with Gasteiger partial charge in [0, 0.05) is 38.4 Å². The molecule has 1 aliphatic rings. The van der Waals surface area contributed by atoms with Gasteiger partial charge in [0.2, 0.25) is 5.91 Å². The van der Waals surface area contributed by atoms with Crippen LogP contribution < -0.4 is 5.32 Å². The molecule has 0 unspecified atom stereocenters. The van der Waals surface area contributed by atoms with E-state index in [1.165, 1.54) is 12.1 Å². The number of aryl methyl sites for hydroxylation is 2. The van der Waals surface area contributed by atoms with Crippen molar-refractivity contribution in [3.8, 4) is 0 Å². The SMILES string of the molecule is Cc1ccc(NC(=O)N(CCN2CCOCC2)CC(=O)N(Cc2ccc(F)cc2)Cc2ccco2)cc1C. The van der Waals surface area contributed by atoms with Crippen molar-refractivity contribution in [3.63, 3.8) is 0 Å². The van der Waals surface area contributed by atoms with Crippen molar-refractivity contribution in [3.05, 3.63) is 89.1 Å². The van der Waals surface area contributed by atoms with Crippen LogP contribution in [0.4, 0.5) is 14.9 Å². The van der Waals surface area contributed by atoms with Crippen LogP contribution in [0.5, 0.6) is 0 Å². The number of carbonyl (C=O) groups excluding carboxylic acids is 2. The second-order valence-corrected chi connectivity index (χ2v) is 9.56. The Kier molecular flexibility index (Phi) is 9.51. The topological polar surface area (TPSA) is 78.3 Å². The number of carbonyl (C=O) groups is 2. The summed E-state index contributed by atoms with van der Waals surface area (Å²) in [6.07, 6.45) is 1.56. The average Bonchev–Trinajstić information content (AvgIpc) is 3.43. The number of nitrogens with zero attached hydrogens (tertiary/aromatic N) is 3. The van der Waals surface area contributed by atoms with Gasteiger partial charge in [-0.15, -0.1) is 0 Å². The summed E-state index contributed by atoms with van der Waals surface area (Å²) in [7, 11) is 0. The Morgan fingerprint density at radius 2 is 1.74 bits per heavy atom. The van der Waals surface area contributed by atoms with E-state index < -0.39 is 0 Å². The third-order valence-electron chi connectivity index (χ3n) is 6.73. The van der Waals surface area contributed by atoms with Crippen LogP contribution in [0.1, 0.15) is 22.5 Å². The van der Waals surface area contributed by atoms with Gasteiger partial charge in [-0.05, 0) is 66.9 Å². The fourth-order valence-corrected chi connectivity index (χ4v) is 4.26. The third kappa shape index (κ3) is 7.90. The molecule has 3 aromatic rings. The maximum Gasteiger partial charge on any atom is 0.322 e. The predicted octanol–water partition coefficient (Wildman–Crippen LogP) is 4.43. The molecular weight excluding hydrogens is 487 g/mol. The zero-order valence-electron chi connectivity index (χ0n) is 22.0. The molecule has 1 N–H and O–H groups in total. The number of rotatable bonds is 10. The molecule has 0 aliphatic carbocycles. The number of hydrogen-bond acceptors (Lipinski definition) is 5. The normalized spacial score (nSPS) is 13.8. The summed E-state index contributed by atoms with van der Waals surface area (Å²) in [5.41, 5.74) is 3.67. The lowest BCUT2D eigenvalue weighted by molar-refractivity contribution is -0.133. The van der Waals surface area contributed by atoms with Crippen LogP contribution in [-0.4, -0.2) is 72.6 Å². The third-order valence-corrected chi connectivity index (χ3v) is 6.73. The zero-order valence-corrected chi connectivity index (χ0v) is 22.0. The number of morpholine rings is 1. The van der Waals surface area contributed by atoms with Crippen LogP contribution in [-0.2, 0) is 22.6 Å². The van der Waals surface area contributed by atoms with Crippen molar-refractivity contribution >= 4 is 17.6 Å². The number of urea groups is 1. The highest BCUT2D eigenvalue weighted by Crippen LogP contribution is 2.16. The second-order valence-electron chi connectivity index (χ2n) is 9.56. The van der Waals surface area contributed by atoms with E-state index >= 15 is 0 Å². The largest absolute Gasteiger partial charge is 0.467 e. The Balaban J connectivity index is 1.50. The van der Waals surface area contributed by atoms with Gasteiger partial charge in [0.05, 0.1) is 26.0 Å². The van der Waals surface area contributed by atoms with Gasteiger partial charge in [0.25, 0.3) is 0 Å². The molecule has 1 aliphatic heterocycles. The van der Waals surface area contributed by atoms with Gasteiger partial charge in [0.1, 0.15) is 18.1 Å². The Morgan fingerprint density at radius 1 is 0.974 bits per heavy atom. The van der Waals surface area contributed by atoms with Crippen LogP contribution in [0.3, 0.4) is 0 Å². The molecule has 0 spiro atoms. The van der Waals surface area contributed by atoms with E-state index in [9.17, 15) is 14.0 Å². The molecule has 0 bridgehead atoms. The first-order chi connectivity index (χ1) is 18.4. The Bertz CT molecular complexity index is 1190. The highest BCUT2D eigenvalue weighted by molar-refractivity contribution is 5.92. The van der Waals surface area contributed by atoms with Crippen molar-refractivity contribution in [2.45, 2.75) is 26.9 Å². The van der Waals surface area contributed by atoms with Gasteiger partial charge >= 0.3 is 6.03 Å². The van der Waals surface area contributed by atoms with E-state index in [4.69, 9.17) is 9.15 Å². The average molecular weight is 523 g/mol. The molecule has 0 saturated carbocycles. The molecule has 3 amide bonds. The highest BCUT2D eigenvalue weighted by atomic mass is 19.1. The molecule has 8 nitrogen and oxygen atoms in total. The lowest BCUT2D eigenvalue weighted by Crippen LogP contribution is -2.48. The van der Waals surface area contributed by atoms with E-state index in [1.807, 2.05) is 32.0 Å². The van der Waals surface area contributed by atoms with Gasteiger partial charge in [-0.2, -0.15) is 0 Å². The summed E-state index contributed by atoms with van der Waals surface area (Å²) < 4.78 is 24.4. The number of hydrogen-bond donors (Lipinski definition) is 1. The van der Waals surface area contributed by atoms with E-state index in [2.05, 4.69) is 10.2 Å². The molecule has 1 aromatic heterocycles. The number of halogens is 1. The van der Waals surface area contributed by atoms with E-state index in [0.717, 1.165) is 29.8 Å². The molecule has 38 heavy (non-hydrogen) atoms. The minimum Gasteiger partial charge on any atom is -0.467 e. The summed E-state index contributed by atoms with van der Waals surface area (Å²) in [6.45, 7) is 8.30. The molecule has 202 valence electrons. The van der Waals surface area contributed by atoms with Crippen LogP contribution in [0.15, 0.2) is 65.3 Å². The van der Waals surface area contributed by atoms with Crippen LogP contribution in [0, 0.1) is 19.7 Å². The van der Waals surface area contributed by atoms with Crippen molar-refractivity contribution in [1.29, 1.82) is 0 Å². The van der Waals surface area contributed by atoms with Gasteiger partial charge in [-0.3, -0.25) is 9.69 Å². The van der Waals surface area contributed by atoms with Crippen LogP contribution in [0.2, 0.25) is 0 Å². The molecular formula is C29H35FN4O4. The van der Waals surface area contributed by atoms with E-state index in [1.54, 1.807) is 40.3 Å². The predicted molar refractivity (Wildman–Crippen MR) is 143 cm³/mol. The quantitative estimate of drug-likeness (QED) is 0.426. The first-order valence-corrected chi connectivity index (χ1v) is 12.9. The minimum absolute atomic E-state index is 0.108. The standard InChI is InChI=1S/C29H35FN4O4/c1-22-5-10-26(18-23(22)2)31-29(36)33(12-11-32-13-16-37-17-14-32)21-28(35)34(20-27-4-3-15-38-27)19-24-6-8-25(30)9-7-24/h3-10,15,18H,11-14,16-17,19-21H2,1-2H3,(H,31,36). The molecule has 0 atom stereocenters. The first-order valence-electron chi connectivity index (χ1n) is 12.9. The van der Waals surface area contributed by atoms with Crippen molar-refractivity contribution < 1.29 is 23.1 Å². The zero-order chi connectivity index (χ0) is 26.9. The summed E-state index contributed by atoms with van der Waals surface area (Å²) in [6, 6.07) is 15.0. The maximum absolute atomic E-state index is 13.6. The Morgan fingerprint density at radius 3 is 2.42 bits per heavy atom. The summed E-state index contributed by atoms with van der Waals surface area (Å²) in [4.78, 5) is 32.4. The van der Waals surface area contributed by atoms with Crippen LogP contribution in [0.25, 0.3) is 0 Å². The summed E-state index contributed by atoms with van der Waals surface area (Å²) in [5, 5.41) is 2.96. The van der Waals surface area contributed by atoms with E-state index in [-0.39, 0.29) is 37.4 Å². The molecule has 1 fully saturated rings. The van der Waals surface area contributed by atoms with Crippen LogP contribution >= 0.6 is 0 Å². The number of benzene rings is 2. The lowest BCUT2D eigenvalue weighted by Gasteiger charge is -2.31. The summed E-state index contributed by atoms with van der Waals surface area (Å²) >= 11 is 0. The van der Waals surface area contributed by atoms with Crippen molar-refractivity contribution in [2.75, 3.05) is 51.3 Å². The highest BCUT2D eigenvalue weighted by Gasteiger charge is 2.24. The summed E-state index contributed by atoms with van der Waals surface area (Å²) in [5.74, 6) is 0.0535. The van der Waals surface area contributed by atoms with Gasteiger partial charge in [-0.1, -0.05) is 18.2 Å². The van der Waals surface area contributed by atoms with Gasteiger partial charge in [-0.25, -0.2) is 9.18 Å². The fraction of sp³-hybridized carbons (Fsp3) is 0.379. The first kappa shape index (κ1) is 27.3. The Labute approximate surface area is 223 Å². The molecule has 0 radical (unpaired) electrons. The minimum atomic E-state index is -0.338. The number of amides is 3. The number of ether oxygens (including phenoxy) is 1. The monoisotopic (exact) mass is 522 g/mol. The lowest BCUT2D eigenvalue weighted by atomic mass is 10.1. The Hall–Kier alpha value is -3.69. The maximum atomic E-state index is 13.6. The fourth-order valence-electron chi connectivity index (χ4n) is 4.26. The molecule has 1 saturated heterocycles. The van der Waals surface area contributed by atoms with E-state index in [0.29, 0.717) is 37.8 Å². The number of nitrogens with one attached hydrogen (secondary N) is 1. The number of furan rings is 1. The molecule has 2 aromatic carbocycles. The number of anilines is 1. The molecule has 2 heterocycles. The smallest absolute Gasteiger partial charge is 0.322 e. The second kappa shape index (κ2) is 13.2. The van der Waals surface area contributed by atoms with Gasteiger partial charge < -0.3 is 24.3 Å².